The van der Waals surface area contributed by atoms with Crippen molar-refractivity contribution in [2.45, 2.75) is 39.2 Å². The molecule has 1 saturated heterocycles. The number of aryl methyl sites for hydroxylation is 2. The normalized spacial score (nSPS) is 17.8. The zero-order valence-electron chi connectivity index (χ0n) is 13.3. The quantitative estimate of drug-likeness (QED) is 0.783. The van der Waals surface area contributed by atoms with Crippen molar-refractivity contribution in [1.29, 1.82) is 0 Å². The van der Waals surface area contributed by atoms with E-state index in [2.05, 4.69) is 33.4 Å². The Labute approximate surface area is 143 Å². The van der Waals surface area contributed by atoms with E-state index in [1.165, 1.54) is 29.7 Å². The molecule has 1 fully saturated rings. The molecule has 1 atom stereocenters. The van der Waals surface area contributed by atoms with E-state index in [9.17, 15) is 5.11 Å². The van der Waals surface area contributed by atoms with Crippen molar-refractivity contribution < 1.29 is 5.11 Å². The first kappa shape index (κ1) is 15.1. The second-order valence-electron chi connectivity index (χ2n) is 6.11. The van der Waals surface area contributed by atoms with Gasteiger partial charge in [-0.3, -0.25) is 4.90 Å². The molecule has 0 bridgehead atoms. The summed E-state index contributed by atoms with van der Waals surface area (Å²) in [5.74, 6) is 0.939. The summed E-state index contributed by atoms with van der Waals surface area (Å²) in [5, 5.41) is 17.2. The van der Waals surface area contributed by atoms with Gasteiger partial charge in [-0.05, 0) is 56.8 Å². The third kappa shape index (κ3) is 2.56. The topological polar surface area (TPSA) is 53.7 Å². The van der Waals surface area contributed by atoms with Gasteiger partial charge in [-0.1, -0.05) is 17.8 Å². The lowest BCUT2D eigenvalue weighted by molar-refractivity contribution is 0.188. The second kappa shape index (κ2) is 5.89. The third-order valence-electron chi connectivity index (χ3n) is 4.46. The lowest BCUT2D eigenvalue weighted by Crippen LogP contribution is -2.34. The Hall–Kier alpha value is -1.44. The Morgan fingerprint density at radius 2 is 1.96 bits per heavy atom. The van der Waals surface area contributed by atoms with E-state index in [1.54, 1.807) is 27.2 Å². The Morgan fingerprint density at radius 3 is 2.61 bits per heavy atom. The van der Waals surface area contributed by atoms with E-state index in [0.29, 0.717) is 5.82 Å². The Balaban J connectivity index is 1.84. The maximum atomic E-state index is 10.7. The zero-order chi connectivity index (χ0) is 16.0. The summed E-state index contributed by atoms with van der Waals surface area (Å²) in [6, 6.07) is 2.28. The van der Waals surface area contributed by atoms with Gasteiger partial charge < -0.3 is 5.11 Å². The summed E-state index contributed by atoms with van der Waals surface area (Å²) in [7, 11) is 0. The summed E-state index contributed by atoms with van der Waals surface area (Å²) >= 11 is 3.33. The molecule has 122 valence electrons. The van der Waals surface area contributed by atoms with Crippen LogP contribution in [0.1, 0.15) is 46.4 Å². The molecule has 1 aliphatic rings. The van der Waals surface area contributed by atoms with Crippen molar-refractivity contribution in [3.63, 3.8) is 0 Å². The molecule has 5 nitrogen and oxygen atoms in total. The summed E-state index contributed by atoms with van der Waals surface area (Å²) < 4.78 is 1.58. The lowest BCUT2D eigenvalue weighted by atomic mass is 10.0. The maximum absolute atomic E-state index is 10.7. The van der Waals surface area contributed by atoms with Crippen LogP contribution in [0.5, 0.6) is 5.88 Å². The number of likely N-dealkylation sites (tertiary alicyclic amines) is 1. The molecule has 0 saturated carbocycles. The van der Waals surface area contributed by atoms with Crippen molar-refractivity contribution in [2.75, 3.05) is 13.1 Å². The molecule has 0 radical (unpaired) electrons. The van der Waals surface area contributed by atoms with Crippen LogP contribution >= 0.6 is 22.7 Å². The van der Waals surface area contributed by atoms with Crippen LogP contribution < -0.4 is 0 Å². The van der Waals surface area contributed by atoms with Crippen LogP contribution in [-0.4, -0.2) is 37.7 Å². The van der Waals surface area contributed by atoms with E-state index in [1.807, 2.05) is 6.92 Å². The lowest BCUT2D eigenvalue weighted by Gasteiger charge is -2.33. The number of thiophene rings is 1. The van der Waals surface area contributed by atoms with Gasteiger partial charge in [0.05, 0.1) is 10.9 Å². The van der Waals surface area contributed by atoms with Crippen molar-refractivity contribution in [1.82, 2.24) is 19.5 Å². The van der Waals surface area contributed by atoms with Gasteiger partial charge in [0, 0.05) is 4.88 Å². The fraction of sp³-hybridized carbons (Fsp3) is 0.500. The van der Waals surface area contributed by atoms with Gasteiger partial charge in [-0.15, -0.1) is 16.4 Å². The maximum Gasteiger partial charge on any atom is 0.230 e. The summed E-state index contributed by atoms with van der Waals surface area (Å²) in [6.45, 7) is 6.16. The minimum Gasteiger partial charge on any atom is -0.492 e. The van der Waals surface area contributed by atoms with Crippen LogP contribution in [0.2, 0.25) is 0 Å². The largest absolute Gasteiger partial charge is 0.492 e. The van der Waals surface area contributed by atoms with Crippen LogP contribution in [0.4, 0.5) is 0 Å². The number of aromatic hydroxyl groups is 1. The number of piperidine rings is 1. The number of fused-ring (bicyclic) bond motifs is 1. The Kier molecular flexibility index (Phi) is 3.87. The third-order valence-corrected chi connectivity index (χ3v) is 6.60. The highest BCUT2D eigenvalue weighted by molar-refractivity contribution is 7.17. The number of aromatic nitrogens is 3. The van der Waals surface area contributed by atoms with E-state index in [4.69, 9.17) is 0 Å². The predicted octanol–water partition coefficient (Wildman–Crippen LogP) is 3.75. The minimum absolute atomic E-state index is 0.115. The molecule has 0 aliphatic carbocycles. The van der Waals surface area contributed by atoms with Crippen LogP contribution in [0.3, 0.4) is 0 Å². The van der Waals surface area contributed by atoms with E-state index >= 15 is 0 Å². The van der Waals surface area contributed by atoms with E-state index in [0.717, 1.165) is 22.9 Å². The highest BCUT2D eigenvalue weighted by atomic mass is 32.1. The van der Waals surface area contributed by atoms with Gasteiger partial charge in [0.25, 0.3) is 0 Å². The fourth-order valence-electron chi connectivity index (χ4n) is 3.32. The zero-order valence-corrected chi connectivity index (χ0v) is 15.0. The van der Waals surface area contributed by atoms with Crippen LogP contribution in [-0.2, 0) is 0 Å². The molecule has 7 heteroatoms. The molecule has 4 heterocycles. The first-order valence-corrected chi connectivity index (χ1v) is 9.68. The predicted molar refractivity (Wildman–Crippen MR) is 93.6 cm³/mol. The summed E-state index contributed by atoms with van der Waals surface area (Å²) in [4.78, 5) is 9.98. The first-order chi connectivity index (χ1) is 11.1. The van der Waals surface area contributed by atoms with Crippen molar-refractivity contribution >= 4 is 27.6 Å². The molecular weight excluding hydrogens is 328 g/mol. The molecule has 1 aliphatic heterocycles. The molecule has 0 spiro atoms. The number of hydrogen-bond donors (Lipinski definition) is 1. The molecule has 3 aromatic heterocycles. The van der Waals surface area contributed by atoms with Crippen molar-refractivity contribution in [3.05, 3.63) is 32.6 Å². The Bertz CT molecular complexity index is 828. The highest BCUT2D eigenvalue weighted by Crippen LogP contribution is 2.43. The van der Waals surface area contributed by atoms with Gasteiger partial charge in [-0.25, -0.2) is 4.98 Å². The highest BCUT2D eigenvalue weighted by Gasteiger charge is 2.31. The molecule has 0 unspecified atom stereocenters. The number of rotatable bonds is 3. The molecule has 4 rings (SSSR count). The number of nitrogens with zero attached hydrogens (tertiary/aromatic N) is 4. The van der Waals surface area contributed by atoms with Crippen molar-refractivity contribution in [3.8, 4) is 5.88 Å². The first-order valence-electron chi connectivity index (χ1n) is 7.98. The van der Waals surface area contributed by atoms with Crippen LogP contribution in [0.15, 0.2) is 11.4 Å². The molecule has 1 N–H and O–H groups in total. The van der Waals surface area contributed by atoms with E-state index in [-0.39, 0.29) is 11.9 Å². The molecule has 23 heavy (non-hydrogen) atoms. The number of thiazole rings is 1. The van der Waals surface area contributed by atoms with Crippen LogP contribution in [0.25, 0.3) is 4.96 Å². The average Bonchev–Trinajstić information content (AvgIpc) is 3.20. The van der Waals surface area contributed by atoms with Gasteiger partial charge in [-0.2, -0.15) is 4.52 Å². The molecular formula is C16H20N4OS2. The minimum atomic E-state index is 0.115. The number of hydrogen-bond acceptors (Lipinski definition) is 6. The Morgan fingerprint density at radius 1 is 1.17 bits per heavy atom. The second-order valence-corrected chi connectivity index (χ2v) is 8.07. The smallest absolute Gasteiger partial charge is 0.230 e. The van der Waals surface area contributed by atoms with Crippen molar-refractivity contribution in [2.24, 2.45) is 0 Å². The van der Waals surface area contributed by atoms with E-state index < -0.39 is 0 Å². The summed E-state index contributed by atoms with van der Waals surface area (Å²) in [6.07, 6.45) is 3.75. The summed E-state index contributed by atoms with van der Waals surface area (Å²) in [5.41, 5.74) is 1.29. The molecule has 0 aromatic carbocycles. The monoisotopic (exact) mass is 348 g/mol. The molecule has 3 aromatic rings. The van der Waals surface area contributed by atoms with Gasteiger partial charge in [0.1, 0.15) is 5.82 Å². The van der Waals surface area contributed by atoms with Gasteiger partial charge in [0.2, 0.25) is 10.8 Å². The van der Waals surface area contributed by atoms with Gasteiger partial charge >= 0.3 is 0 Å². The standard InChI is InChI=1S/C16H20N4OS2/c1-10-6-9-22-13(10)12(19-7-4-3-5-8-19)14-15(21)20-16(23-14)17-11(2)18-20/h6,9,12,21H,3-5,7-8H2,1-2H3/t12-/m0/s1. The fourth-order valence-corrected chi connectivity index (χ4v) is 5.61. The van der Waals surface area contributed by atoms with Crippen LogP contribution in [0, 0.1) is 13.8 Å². The van der Waals surface area contributed by atoms with Gasteiger partial charge in [0.15, 0.2) is 0 Å². The molecule has 0 amide bonds. The SMILES string of the molecule is Cc1nc2sc([C@H](c3sccc3C)N3CCCCC3)c(O)n2n1. The average molecular weight is 348 g/mol.